The molecule has 1 saturated heterocycles. The Balaban J connectivity index is 1.63. The van der Waals surface area contributed by atoms with E-state index in [0.29, 0.717) is 6.54 Å². The van der Waals surface area contributed by atoms with Crippen LogP contribution in [0.25, 0.3) is 0 Å². The summed E-state index contributed by atoms with van der Waals surface area (Å²) in [5.41, 5.74) is 0. The third kappa shape index (κ3) is 3.92. The van der Waals surface area contributed by atoms with Gasteiger partial charge < -0.3 is 10.1 Å². The predicted molar refractivity (Wildman–Crippen MR) is 69.9 cm³/mol. The van der Waals surface area contributed by atoms with Crippen LogP contribution >= 0.6 is 11.3 Å². The van der Waals surface area contributed by atoms with Gasteiger partial charge in [0.05, 0.1) is 11.0 Å². The summed E-state index contributed by atoms with van der Waals surface area (Å²) in [7, 11) is 0. The van der Waals surface area contributed by atoms with Crippen molar-refractivity contribution in [3.63, 3.8) is 0 Å². The molecule has 0 bridgehead atoms. The first-order valence-electron chi connectivity index (χ1n) is 6.20. The zero-order valence-electron chi connectivity index (χ0n) is 10.2. The van der Waals surface area contributed by atoms with Gasteiger partial charge in [0.15, 0.2) is 5.78 Å². The molecule has 0 saturated carbocycles. The molecule has 2 heterocycles. The molecule has 1 atom stereocenters. The zero-order valence-corrected chi connectivity index (χ0v) is 11.0. The fourth-order valence-electron chi connectivity index (χ4n) is 1.91. The largest absolute Gasteiger partial charge is 0.376 e. The molecular weight excluding hydrogens is 250 g/mol. The Morgan fingerprint density at radius 1 is 1.44 bits per heavy atom. The summed E-state index contributed by atoms with van der Waals surface area (Å²) < 4.78 is 5.41. The predicted octanol–water partition coefficient (Wildman–Crippen LogP) is 2.01. The maximum Gasteiger partial charge on any atom is 0.220 e. The Hall–Kier alpha value is -1.20. The zero-order chi connectivity index (χ0) is 12.8. The number of amides is 1. The molecule has 0 aliphatic carbocycles. The Kier molecular flexibility index (Phi) is 4.90. The molecule has 4 nitrogen and oxygen atoms in total. The van der Waals surface area contributed by atoms with Crippen molar-refractivity contribution in [3.8, 4) is 0 Å². The number of nitrogens with one attached hydrogen (secondary N) is 1. The normalized spacial score (nSPS) is 18.8. The van der Waals surface area contributed by atoms with Gasteiger partial charge in [-0.3, -0.25) is 9.59 Å². The lowest BCUT2D eigenvalue weighted by Gasteiger charge is -2.10. The highest BCUT2D eigenvalue weighted by Gasteiger charge is 2.16. The number of rotatable bonds is 6. The minimum absolute atomic E-state index is 0.0391. The van der Waals surface area contributed by atoms with Crippen LogP contribution in [0.3, 0.4) is 0 Å². The van der Waals surface area contributed by atoms with Gasteiger partial charge in [0.1, 0.15) is 0 Å². The van der Waals surface area contributed by atoms with Crippen molar-refractivity contribution in [2.45, 2.75) is 31.8 Å². The quantitative estimate of drug-likeness (QED) is 0.802. The van der Waals surface area contributed by atoms with E-state index in [1.807, 2.05) is 11.4 Å². The van der Waals surface area contributed by atoms with Crippen LogP contribution in [0.1, 0.15) is 35.4 Å². The Morgan fingerprint density at radius 3 is 3.00 bits per heavy atom. The van der Waals surface area contributed by atoms with Gasteiger partial charge in [-0.1, -0.05) is 6.07 Å². The van der Waals surface area contributed by atoms with E-state index < -0.39 is 0 Å². The SMILES string of the molecule is O=C(CCC(=O)c1cccs1)NCC1CCCO1. The Labute approximate surface area is 110 Å². The summed E-state index contributed by atoms with van der Waals surface area (Å²) in [4.78, 5) is 24.0. The lowest BCUT2D eigenvalue weighted by atomic mass is 10.2. The fourth-order valence-corrected chi connectivity index (χ4v) is 2.60. The molecule has 0 aromatic carbocycles. The van der Waals surface area contributed by atoms with Crippen molar-refractivity contribution >= 4 is 23.0 Å². The molecule has 1 fully saturated rings. The number of thiophene rings is 1. The van der Waals surface area contributed by atoms with E-state index in [1.54, 1.807) is 6.07 Å². The van der Waals surface area contributed by atoms with Crippen LogP contribution in [0.5, 0.6) is 0 Å². The number of carbonyl (C=O) groups excluding carboxylic acids is 2. The smallest absolute Gasteiger partial charge is 0.220 e. The number of Topliss-reactive ketones (excluding diaryl/α,β-unsaturated/α-hetero) is 1. The number of ether oxygens (including phenoxy) is 1. The van der Waals surface area contributed by atoms with Gasteiger partial charge in [-0.15, -0.1) is 11.3 Å². The number of carbonyl (C=O) groups is 2. The average molecular weight is 267 g/mol. The summed E-state index contributed by atoms with van der Waals surface area (Å²) in [6.07, 6.45) is 2.76. The highest BCUT2D eigenvalue weighted by Crippen LogP contribution is 2.13. The first kappa shape index (κ1) is 13.2. The maximum atomic E-state index is 11.7. The van der Waals surface area contributed by atoms with Gasteiger partial charge in [-0.2, -0.15) is 0 Å². The van der Waals surface area contributed by atoms with Gasteiger partial charge in [0, 0.05) is 26.0 Å². The van der Waals surface area contributed by atoms with Crippen molar-refractivity contribution in [2.75, 3.05) is 13.2 Å². The molecule has 1 aromatic rings. The highest BCUT2D eigenvalue weighted by molar-refractivity contribution is 7.12. The molecule has 1 N–H and O–H groups in total. The second-order valence-electron chi connectivity index (χ2n) is 4.34. The second kappa shape index (κ2) is 6.66. The van der Waals surface area contributed by atoms with Gasteiger partial charge in [-0.05, 0) is 24.3 Å². The molecule has 18 heavy (non-hydrogen) atoms. The minimum atomic E-state index is -0.0737. The van der Waals surface area contributed by atoms with Crippen LogP contribution in [0.2, 0.25) is 0 Å². The van der Waals surface area contributed by atoms with Crippen LogP contribution in [-0.2, 0) is 9.53 Å². The van der Waals surface area contributed by atoms with Crippen LogP contribution in [0.15, 0.2) is 17.5 Å². The summed E-state index contributed by atoms with van der Waals surface area (Å²) >= 11 is 1.42. The first-order chi connectivity index (χ1) is 8.75. The van der Waals surface area contributed by atoms with Gasteiger partial charge in [-0.25, -0.2) is 0 Å². The molecule has 2 rings (SSSR count). The highest BCUT2D eigenvalue weighted by atomic mass is 32.1. The topological polar surface area (TPSA) is 55.4 Å². The van der Waals surface area contributed by atoms with Crippen molar-refractivity contribution < 1.29 is 14.3 Å². The van der Waals surface area contributed by atoms with E-state index in [1.165, 1.54) is 11.3 Å². The van der Waals surface area contributed by atoms with Crippen molar-refractivity contribution in [3.05, 3.63) is 22.4 Å². The number of hydrogen-bond donors (Lipinski definition) is 1. The summed E-state index contributed by atoms with van der Waals surface area (Å²) in [5, 5.41) is 4.68. The van der Waals surface area contributed by atoms with Crippen LogP contribution in [0.4, 0.5) is 0 Å². The van der Waals surface area contributed by atoms with Crippen LogP contribution in [-0.4, -0.2) is 30.9 Å². The second-order valence-corrected chi connectivity index (χ2v) is 5.29. The lowest BCUT2D eigenvalue weighted by Crippen LogP contribution is -2.31. The molecule has 1 aromatic heterocycles. The van der Waals surface area contributed by atoms with E-state index in [4.69, 9.17) is 4.74 Å². The monoisotopic (exact) mass is 267 g/mol. The van der Waals surface area contributed by atoms with Gasteiger partial charge in [0.2, 0.25) is 5.91 Å². The van der Waals surface area contributed by atoms with Crippen LogP contribution < -0.4 is 5.32 Å². The van der Waals surface area contributed by atoms with E-state index in [9.17, 15) is 9.59 Å². The Morgan fingerprint density at radius 2 is 2.33 bits per heavy atom. The molecule has 98 valence electrons. The fraction of sp³-hybridized carbons (Fsp3) is 0.538. The van der Waals surface area contributed by atoms with E-state index in [0.717, 1.165) is 24.3 Å². The minimum Gasteiger partial charge on any atom is -0.376 e. The molecule has 1 amide bonds. The standard InChI is InChI=1S/C13H17NO3S/c15-11(12-4-2-8-18-12)5-6-13(16)14-9-10-3-1-7-17-10/h2,4,8,10H,1,3,5-7,9H2,(H,14,16). The van der Waals surface area contributed by atoms with Gasteiger partial charge in [0.25, 0.3) is 0 Å². The molecule has 1 unspecified atom stereocenters. The molecule has 0 radical (unpaired) electrons. The molecule has 5 heteroatoms. The van der Waals surface area contributed by atoms with E-state index >= 15 is 0 Å². The molecular formula is C13H17NO3S. The summed E-state index contributed by atoms with van der Waals surface area (Å²) in [6, 6.07) is 3.63. The number of hydrogen-bond acceptors (Lipinski definition) is 4. The number of ketones is 1. The van der Waals surface area contributed by atoms with E-state index in [2.05, 4.69) is 5.32 Å². The maximum absolute atomic E-state index is 11.7. The average Bonchev–Trinajstić information content (AvgIpc) is 3.05. The Bertz CT molecular complexity index is 396. The van der Waals surface area contributed by atoms with Crippen molar-refractivity contribution in [1.29, 1.82) is 0 Å². The van der Waals surface area contributed by atoms with Crippen molar-refractivity contribution in [1.82, 2.24) is 5.32 Å². The van der Waals surface area contributed by atoms with Gasteiger partial charge >= 0.3 is 0 Å². The van der Waals surface area contributed by atoms with Crippen LogP contribution in [0, 0.1) is 0 Å². The lowest BCUT2D eigenvalue weighted by molar-refractivity contribution is -0.121. The summed E-state index contributed by atoms with van der Waals surface area (Å²) in [6.45, 7) is 1.35. The first-order valence-corrected chi connectivity index (χ1v) is 7.08. The molecule has 1 aliphatic heterocycles. The molecule has 1 aliphatic rings. The summed E-state index contributed by atoms with van der Waals surface area (Å²) in [5.74, 6) is -0.0346. The van der Waals surface area contributed by atoms with E-state index in [-0.39, 0.29) is 30.6 Å². The third-order valence-electron chi connectivity index (χ3n) is 2.93. The molecule has 0 spiro atoms. The third-order valence-corrected chi connectivity index (χ3v) is 3.84. The van der Waals surface area contributed by atoms with Crippen molar-refractivity contribution in [2.24, 2.45) is 0 Å².